The average molecular weight is 290 g/mol. The summed E-state index contributed by atoms with van der Waals surface area (Å²) in [7, 11) is 0. The van der Waals surface area contributed by atoms with Crippen molar-refractivity contribution in [3.05, 3.63) is 40.4 Å². The van der Waals surface area contributed by atoms with Gasteiger partial charge in [-0.1, -0.05) is 30.8 Å². The Kier molecular flexibility index (Phi) is 4.79. The molecule has 20 heavy (non-hydrogen) atoms. The number of hydrogen-bond acceptors (Lipinski definition) is 4. The molecule has 0 aliphatic carbocycles. The van der Waals surface area contributed by atoms with E-state index in [2.05, 4.69) is 21.9 Å². The van der Waals surface area contributed by atoms with Gasteiger partial charge < -0.3 is 10.7 Å². The maximum Gasteiger partial charge on any atom is 0.258 e. The van der Waals surface area contributed by atoms with Crippen LogP contribution in [0.15, 0.2) is 34.1 Å². The number of aliphatic imine (C=N–C) groups is 1. The van der Waals surface area contributed by atoms with E-state index in [1.54, 1.807) is 6.07 Å². The van der Waals surface area contributed by atoms with E-state index in [9.17, 15) is 4.79 Å². The highest BCUT2D eigenvalue weighted by molar-refractivity contribution is 8.13. The Balaban J connectivity index is 2.15. The van der Waals surface area contributed by atoms with E-state index in [0.29, 0.717) is 27.6 Å². The molecule has 1 aromatic heterocycles. The number of fused-ring (bicyclic) bond motifs is 1. The molecule has 0 unspecified atom stereocenters. The standard InChI is InChI=1S/C14H18N4OS/c1-3-9(2)16-14(15)20-8-12-17-11-7-5-4-6-10(11)13(19)18-12/h4-7,9H,3,8H2,1-2H3,(H2,15,16)(H,17,18,19)/t9-/m0/s1. The quantitative estimate of drug-likeness (QED) is 0.668. The number of hydrogen-bond donors (Lipinski definition) is 2. The number of thioether (sulfide) groups is 1. The molecular weight excluding hydrogens is 272 g/mol. The van der Waals surface area contributed by atoms with Crippen LogP contribution in [0, 0.1) is 0 Å². The maximum absolute atomic E-state index is 11.9. The van der Waals surface area contributed by atoms with Gasteiger partial charge in [0.1, 0.15) is 5.82 Å². The molecule has 1 atom stereocenters. The lowest BCUT2D eigenvalue weighted by Gasteiger charge is -2.05. The topological polar surface area (TPSA) is 84.1 Å². The molecule has 2 aromatic rings. The van der Waals surface area contributed by atoms with Gasteiger partial charge in [-0.2, -0.15) is 0 Å². The van der Waals surface area contributed by atoms with Crippen molar-refractivity contribution < 1.29 is 0 Å². The molecule has 0 amide bonds. The number of nitrogens with two attached hydrogens (primary N) is 1. The third kappa shape index (κ3) is 3.60. The Hall–Kier alpha value is -1.82. The Labute approximate surface area is 121 Å². The lowest BCUT2D eigenvalue weighted by atomic mass is 10.2. The molecule has 0 saturated carbocycles. The van der Waals surface area contributed by atoms with Crippen molar-refractivity contribution in [2.45, 2.75) is 32.1 Å². The number of rotatable bonds is 4. The van der Waals surface area contributed by atoms with E-state index < -0.39 is 0 Å². The van der Waals surface area contributed by atoms with Crippen LogP contribution in [-0.2, 0) is 5.75 Å². The summed E-state index contributed by atoms with van der Waals surface area (Å²) >= 11 is 1.39. The molecule has 0 radical (unpaired) electrons. The summed E-state index contributed by atoms with van der Waals surface area (Å²) < 4.78 is 0. The van der Waals surface area contributed by atoms with Gasteiger partial charge in [-0.05, 0) is 25.5 Å². The molecule has 5 nitrogen and oxygen atoms in total. The Morgan fingerprint density at radius 3 is 3.00 bits per heavy atom. The predicted octanol–water partition coefficient (Wildman–Crippen LogP) is 2.27. The number of para-hydroxylation sites is 1. The SMILES string of the molecule is CC[C@H](C)N=C(N)SCc1nc2ccccc2c(=O)[nH]1. The maximum atomic E-state index is 11.9. The van der Waals surface area contributed by atoms with Gasteiger partial charge in [0.05, 0.1) is 16.7 Å². The minimum atomic E-state index is -0.122. The lowest BCUT2D eigenvalue weighted by Crippen LogP contribution is -2.14. The van der Waals surface area contributed by atoms with Gasteiger partial charge in [-0.3, -0.25) is 9.79 Å². The molecule has 1 heterocycles. The minimum Gasteiger partial charge on any atom is -0.379 e. The van der Waals surface area contributed by atoms with E-state index in [4.69, 9.17) is 5.73 Å². The summed E-state index contributed by atoms with van der Waals surface area (Å²) in [5.41, 5.74) is 6.42. The molecule has 6 heteroatoms. The minimum absolute atomic E-state index is 0.122. The van der Waals surface area contributed by atoms with Crippen molar-refractivity contribution in [1.29, 1.82) is 0 Å². The van der Waals surface area contributed by atoms with Gasteiger partial charge in [0.2, 0.25) is 0 Å². The van der Waals surface area contributed by atoms with Gasteiger partial charge in [-0.25, -0.2) is 4.98 Å². The average Bonchev–Trinajstić information content (AvgIpc) is 2.45. The first kappa shape index (κ1) is 14.6. The number of amidine groups is 1. The summed E-state index contributed by atoms with van der Waals surface area (Å²) in [5, 5.41) is 1.12. The fraction of sp³-hybridized carbons (Fsp3) is 0.357. The van der Waals surface area contributed by atoms with Crippen LogP contribution in [0.5, 0.6) is 0 Å². The summed E-state index contributed by atoms with van der Waals surface area (Å²) in [6, 6.07) is 7.49. The number of H-pyrrole nitrogens is 1. The molecule has 0 aliphatic heterocycles. The lowest BCUT2D eigenvalue weighted by molar-refractivity contribution is 0.718. The number of nitrogens with zero attached hydrogens (tertiary/aromatic N) is 2. The van der Waals surface area contributed by atoms with Gasteiger partial charge in [0.25, 0.3) is 5.56 Å². The van der Waals surface area contributed by atoms with E-state index >= 15 is 0 Å². The highest BCUT2D eigenvalue weighted by Crippen LogP contribution is 2.12. The van der Waals surface area contributed by atoms with Crippen molar-refractivity contribution in [2.24, 2.45) is 10.7 Å². The normalized spacial score (nSPS) is 13.6. The smallest absolute Gasteiger partial charge is 0.258 e. The van der Waals surface area contributed by atoms with E-state index in [1.165, 1.54) is 11.8 Å². The molecule has 106 valence electrons. The second-order valence-corrected chi connectivity index (χ2v) is 5.54. The molecule has 0 bridgehead atoms. The second-order valence-electron chi connectivity index (χ2n) is 4.54. The van der Waals surface area contributed by atoms with Crippen molar-refractivity contribution in [3.8, 4) is 0 Å². The second kappa shape index (κ2) is 6.56. The van der Waals surface area contributed by atoms with Gasteiger partial charge >= 0.3 is 0 Å². The molecule has 2 rings (SSSR count). The van der Waals surface area contributed by atoms with Crippen LogP contribution in [0.1, 0.15) is 26.1 Å². The fourth-order valence-corrected chi connectivity index (χ4v) is 2.37. The largest absolute Gasteiger partial charge is 0.379 e. The number of aromatic amines is 1. The number of nitrogens with one attached hydrogen (secondary N) is 1. The van der Waals surface area contributed by atoms with Crippen molar-refractivity contribution >= 4 is 27.8 Å². The Morgan fingerprint density at radius 1 is 1.50 bits per heavy atom. The van der Waals surface area contributed by atoms with E-state index in [0.717, 1.165) is 6.42 Å². The van der Waals surface area contributed by atoms with Crippen molar-refractivity contribution in [2.75, 3.05) is 0 Å². The van der Waals surface area contributed by atoms with Crippen LogP contribution < -0.4 is 11.3 Å². The van der Waals surface area contributed by atoms with Gasteiger partial charge in [0.15, 0.2) is 5.17 Å². The summed E-state index contributed by atoms with van der Waals surface area (Å²) in [4.78, 5) is 23.4. The summed E-state index contributed by atoms with van der Waals surface area (Å²) in [5.74, 6) is 1.12. The van der Waals surface area contributed by atoms with Gasteiger partial charge in [-0.15, -0.1) is 0 Å². The number of aromatic nitrogens is 2. The van der Waals surface area contributed by atoms with Crippen molar-refractivity contribution in [1.82, 2.24) is 9.97 Å². The Morgan fingerprint density at radius 2 is 2.25 bits per heavy atom. The molecule has 0 saturated heterocycles. The zero-order chi connectivity index (χ0) is 14.5. The summed E-state index contributed by atoms with van der Waals surface area (Å²) in [6.45, 7) is 4.08. The molecule has 3 N–H and O–H groups in total. The fourth-order valence-electron chi connectivity index (χ4n) is 1.69. The first-order chi connectivity index (χ1) is 9.60. The third-order valence-corrected chi connectivity index (χ3v) is 3.78. The summed E-state index contributed by atoms with van der Waals surface area (Å²) in [6.07, 6.45) is 0.951. The van der Waals surface area contributed by atoms with Crippen LogP contribution >= 0.6 is 11.8 Å². The molecule has 0 spiro atoms. The van der Waals surface area contributed by atoms with Gasteiger partial charge in [0, 0.05) is 6.04 Å². The van der Waals surface area contributed by atoms with E-state index in [1.807, 2.05) is 25.1 Å². The first-order valence-corrected chi connectivity index (χ1v) is 7.52. The highest BCUT2D eigenvalue weighted by atomic mass is 32.2. The van der Waals surface area contributed by atoms with Crippen LogP contribution in [-0.4, -0.2) is 21.2 Å². The zero-order valence-electron chi connectivity index (χ0n) is 11.6. The zero-order valence-corrected chi connectivity index (χ0v) is 12.4. The first-order valence-electron chi connectivity index (χ1n) is 6.54. The van der Waals surface area contributed by atoms with E-state index in [-0.39, 0.29) is 11.6 Å². The van der Waals surface area contributed by atoms with Crippen LogP contribution in [0.2, 0.25) is 0 Å². The molecule has 0 aliphatic rings. The third-order valence-electron chi connectivity index (χ3n) is 2.96. The molecule has 0 fully saturated rings. The highest BCUT2D eigenvalue weighted by Gasteiger charge is 2.05. The Bertz CT molecular complexity index is 680. The van der Waals surface area contributed by atoms with Crippen LogP contribution in [0.4, 0.5) is 0 Å². The molecule has 1 aromatic carbocycles. The monoisotopic (exact) mass is 290 g/mol. The predicted molar refractivity (Wildman–Crippen MR) is 85.0 cm³/mol. The van der Waals surface area contributed by atoms with Crippen LogP contribution in [0.3, 0.4) is 0 Å². The number of benzene rings is 1. The molecular formula is C14H18N4OS. The van der Waals surface area contributed by atoms with Crippen molar-refractivity contribution in [3.63, 3.8) is 0 Å². The van der Waals surface area contributed by atoms with Crippen LogP contribution in [0.25, 0.3) is 10.9 Å².